The van der Waals surface area contributed by atoms with Crippen molar-refractivity contribution in [1.29, 1.82) is 0 Å². The number of halogens is 2. The van der Waals surface area contributed by atoms with E-state index in [0.29, 0.717) is 27.6 Å². The Kier molecular flexibility index (Phi) is 5.53. The zero-order chi connectivity index (χ0) is 15.6. The average molecular weight is 329 g/mol. The quantitative estimate of drug-likeness (QED) is 0.897. The number of anilines is 1. The summed E-state index contributed by atoms with van der Waals surface area (Å²) in [5.74, 6) is 1.21. The maximum Gasteiger partial charge on any atom is 0.241 e. The molecule has 0 unspecified atom stereocenters. The molecule has 0 aliphatic carbocycles. The molecule has 3 atom stereocenters. The number of rotatable bonds is 3. The van der Waals surface area contributed by atoms with E-state index in [1.54, 1.807) is 18.2 Å². The Balaban J connectivity index is 2.04. The number of nitrogens with one attached hydrogen (secondary N) is 1. The zero-order valence-corrected chi connectivity index (χ0v) is 14.2. The number of hydrogen-bond donors (Lipinski definition) is 1. The fourth-order valence-corrected chi connectivity index (χ4v) is 3.36. The second-order valence-electron chi connectivity index (χ2n) is 6.19. The van der Waals surface area contributed by atoms with Crippen molar-refractivity contribution in [2.45, 2.75) is 33.2 Å². The number of hydrogen-bond acceptors (Lipinski definition) is 2. The Morgan fingerprint density at radius 2 is 1.90 bits per heavy atom. The van der Waals surface area contributed by atoms with Gasteiger partial charge in [-0.05, 0) is 43.4 Å². The van der Waals surface area contributed by atoms with E-state index in [1.807, 2.05) is 6.92 Å². The molecule has 1 saturated heterocycles. The summed E-state index contributed by atoms with van der Waals surface area (Å²) in [6, 6.07) is 4.90. The van der Waals surface area contributed by atoms with Crippen LogP contribution in [0.15, 0.2) is 18.2 Å². The second kappa shape index (κ2) is 6.99. The molecule has 1 aromatic carbocycles. The molecule has 1 N–H and O–H groups in total. The first-order valence-corrected chi connectivity index (χ1v) is 8.12. The molecule has 0 radical (unpaired) electrons. The molecule has 1 amide bonds. The van der Waals surface area contributed by atoms with Crippen LogP contribution in [-0.2, 0) is 4.79 Å². The maximum absolute atomic E-state index is 12.4. The van der Waals surface area contributed by atoms with E-state index in [1.165, 1.54) is 6.42 Å². The van der Waals surface area contributed by atoms with Crippen molar-refractivity contribution in [2.75, 3.05) is 18.4 Å². The number of nitrogens with zero attached hydrogens (tertiary/aromatic N) is 1. The van der Waals surface area contributed by atoms with Crippen LogP contribution in [0.2, 0.25) is 10.0 Å². The molecular weight excluding hydrogens is 307 g/mol. The first kappa shape index (κ1) is 16.6. The number of benzene rings is 1. The third-order valence-electron chi connectivity index (χ3n) is 4.01. The van der Waals surface area contributed by atoms with Gasteiger partial charge in [-0.2, -0.15) is 0 Å². The third kappa shape index (κ3) is 4.35. The summed E-state index contributed by atoms with van der Waals surface area (Å²) in [5, 5.41) is 3.94. The van der Waals surface area contributed by atoms with Crippen molar-refractivity contribution in [3.05, 3.63) is 28.2 Å². The van der Waals surface area contributed by atoms with Crippen molar-refractivity contribution in [3.8, 4) is 0 Å². The van der Waals surface area contributed by atoms with Crippen LogP contribution in [-0.4, -0.2) is 29.9 Å². The van der Waals surface area contributed by atoms with Gasteiger partial charge >= 0.3 is 0 Å². The van der Waals surface area contributed by atoms with Crippen LogP contribution in [0.25, 0.3) is 0 Å². The second-order valence-corrected chi connectivity index (χ2v) is 7.03. The molecule has 0 bridgehead atoms. The first-order chi connectivity index (χ1) is 9.86. The molecule has 2 rings (SSSR count). The minimum atomic E-state index is -0.176. The topological polar surface area (TPSA) is 32.3 Å². The van der Waals surface area contributed by atoms with Gasteiger partial charge < -0.3 is 5.32 Å². The van der Waals surface area contributed by atoms with E-state index in [2.05, 4.69) is 24.1 Å². The highest BCUT2D eigenvalue weighted by molar-refractivity contribution is 6.35. The van der Waals surface area contributed by atoms with Gasteiger partial charge in [-0.3, -0.25) is 9.69 Å². The normalized spacial score (nSPS) is 24.6. The standard InChI is InChI=1S/C16H22Cl2N2O/c1-10-6-11(2)9-20(8-10)12(3)16(21)19-15-7-13(17)4-5-14(15)18/h4-5,7,10-12H,6,8-9H2,1-3H3,(H,19,21)/t10-,11+,12-/m0/s1. The Morgan fingerprint density at radius 1 is 1.29 bits per heavy atom. The Labute approximate surface area is 136 Å². The van der Waals surface area contributed by atoms with Gasteiger partial charge in [0.05, 0.1) is 16.8 Å². The Hall–Kier alpha value is -0.770. The fourth-order valence-electron chi connectivity index (χ4n) is 3.02. The van der Waals surface area contributed by atoms with Crippen molar-refractivity contribution < 1.29 is 4.79 Å². The number of carbonyl (C=O) groups excluding carboxylic acids is 1. The minimum absolute atomic E-state index is 0.0412. The number of likely N-dealkylation sites (tertiary alicyclic amines) is 1. The first-order valence-electron chi connectivity index (χ1n) is 7.36. The van der Waals surface area contributed by atoms with Gasteiger partial charge in [0, 0.05) is 18.1 Å². The molecule has 1 fully saturated rings. The van der Waals surface area contributed by atoms with E-state index in [0.717, 1.165) is 13.1 Å². The van der Waals surface area contributed by atoms with Crippen LogP contribution in [0.4, 0.5) is 5.69 Å². The van der Waals surface area contributed by atoms with Crippen molar-refractivity contribution in [1.82, 2.24) is 4.90 Å². The van der Waals surface area contributed by atoms with Crippen LogP contribution >= 0.6 is 23.2 Å². The van der Waals surface area contributed by atoms with Crippen LogP contribution < -0.4 is 5.32 Å². The van der Waals surface area contributed by atoms with E-state index in [9.17, 15) is 4.79 Å². The van der Waals surface area contributed by atoms with E-state index >= 15 is 0 Å². The molecule has 0 saturated carbocycles. The van der Waals surface area contributed by atoms with Gasteiger partial charge in [-0.15, -0.1) is 0 Å². The van der Waals surface area contributed by atoms with Gasteiger partial charge in [0.15, 0.2) is 0 Å². The average Bonchev–Trinajstić information content (AvgIpc) is 2.41. The zero-order valence-electron chi connectivity index (χ0n) is 12.7. The van der Waals surface area contributed by atoms with E-state index in [4.69, 9.17) is 23.2 Å². The van der Waals surface area contributed by atoms with Gasteiger partial charge in [0.2, 0.25) is 5.91 Å². The van der Waals surface area contributed by atoms with E-state index in [-0.39, 0.29) is 11.9 Å². The Bertz CT molecular complexity index is 511. The molecule has 0 spiro atoms. The molecule has 1 aliphatic heterocycles. The number of amides is 1. The smallest absolute Gasteiger partial charge is 0.241 e. The summed E-state index contributed by atoms with van der Waals surface area (Å²) in [6.07, 6.45) is 1.23. The molecule has 1 aromatic rings. The molecule has 3 nitrogen and oxygen atoms in total. The number of piperidine rings is 1. The largest absolute Gasteiger partial charge is 0.323 e. The summed E-state index contributed by atoms with van der Waals surface area (Å²) in [6.45, 7) is 8.34. The van der Waals surface area contributed by atoms with Crippen LogP contribution in [0, 0.1) is 11.8 Å². The molecular formula is C16H22Cl2N2O. The highest BCUT2D eigenvalue weighted by Gasteiger charge is 2.29. The molecule has 5 heteroatoms. The summed E-state index contributed by atoms with van der Waals surface area (Å²) in [7, 11) is 0. The lowest BCUT2D eigenvalue weighted by Gasteiger charge is -2.38. The van der Waals surface area contributed by atoms with Crippen molar-refractivity contribution >= 4 is 34.8 Å². The summed E-state index contributed by atoms with van der Waals surface area (Å²) >= 11 is 12.0. The third-order valence-corrected chi connectivity index (χ3v) is 4.58. The predicted molar refractivity (Wildman–Crippen MR) is 89.1 cm³/mol. The maximum atomic E-state index is 12.4. The van der Waals surface area contributed by atoms with Gasteiger partial charge in [0.25, 0.3) is 0 Å². The highest BCUT2D eigenvalue weighted by Crippen LogP contribution is 2.27. The van der Waals surface area contributed by atoms with Crippen LogP contribution in [0.1, 0.15) is 27.2 Å². The summed E-state index contributed by atoms with van der Waals surface area (Å²) in [4.78, 5) is 14.7. The van der Waals surface area contributed by atoms with Gasteiger partial charge in [0.1, 0.15) is 0 Å². The summed E-state index contributed by atoms with van der Waals surface area (Å²) in [5.41, 5.74) is 0.569. The minimum Gasteiger partial charge on any atom is -0.323 e. The van der Waals surface area contributed by atoms with E-state index < -0.39 is 0 Å². The monoisotopic (exact) mass is 328 g/mol. The molecule has 1 aliphatic rings. The Morgan fingerprint density at radius 3 is 2.52 bits per heavy atom. The molecule has 0 aromatic heterocycles. The fraction of sp³-hybridized carbons (Fsp3) is 0.562. The van der Waals surface area contributed by atoms with Gasteiger partial charge in [-0.25, -0.2) is 0 Å². The van der Waals surface area contributed by atoms with Crippen molar-refractivity contribution in [2.24, 2.45) is 11.8 Å². The molecule has 21 heavy (non-hydrogen) atoms. The lowest BCUT2D eigenvalue weighted by molar-refractivity contribution is -0.121. The number of carbonyl (C=O) groups is 1. The molecule has 1 heterocycles. The van der Waals surface area contributed by atoms with Crippen molar-refractivity contribution in [3.63, 3.8) is 0 Å². The molecule has 116 valence electrons. The lowest BCUT2D eigenvalue weighted by Crippen LogP contribution is -2.48. The SMILES string of the molecule is C[C@@H]1C[C@H](C)CN([C@@H](C)C(=O)Nc2cc(Cl)ccc2Cl)C1. The lowest BCUT2D eigenvalue weighted by atomic mass is 9.91. The van der Waals surface area contributed by atoms with Gasteiger partial charge in [-0.1, -0.05) is 37.0 Å². The highest BCUT2D eigenvalue weighted by atomic mass is 35.5. The predicted octanol–water partition coefficient (Wildman–Crippen LogP) is 4.30. The van der Waals surface area contributed by atoms with Crippen LogP contribution in [0.3, 0.4) is 0 Å². The summed E-state index contributed by atoms with van der Waals surface area (Å²) < 4.78 is 0. The van der Waals surface area contributed by atoms with Crippen LogP contribution in [0.5, 0.6) is 0 Å².